The Morgan fingerprint density at radius 2 is 1.96 bits per heavy atom. The van der Waals surface area contributed by atoms with Crippen molar-refractivity contribution in [2.24, 2.45) is 0 Å². The molecule has 0 atom stereocenters. The molecule has 1 saturated heterocycles. The molecule has 1 fully saturated rings. The lowest BCUT2D eigenvalue weighted by atomic mass is 10.2. The van der Waals surface area contributed by atoms with Crippen molar-refractivity contribution in [3.8, 4) is 0 Å². The Morgan fingerprint density at radius 3 is 2.77 bits per heavy atom. The van der Waals surface area contributed by atoms with Crippen LogP contribution in [0.15, 0.2) is 48.9 Å². The summed E-state index contributed by atoms with van der Waals surface area (Å²) in [5, 5.41) is 0. The number of hydrogen-bond acceptors (Lipinski definition) is 5. The molecule has 0 saturated carbocycles. The van der Waals surface area contributed by atoms with Crippen molar-refractivity contribution < 1.29 is 9.53 Å². The highest BCUT2D eigenvalue weighted by molar-refractivity contribution is 5.91. The van der Waals surface area contributed by atoms with Gasteiger partial charge in [0.2, 0.25) is 0 Å². The number of benzene rings is 1. The SMILES string of the molecule is O=C(c1cnccn1)N1CCCN(CCCOCc2ccccc2)CC1. The molecule has 3 rings (SSSR count). The van der Waals surface area contributed by atoms with Gasteiger partial charge in [-0.1, -0.05) is 30.3 Å². The summed E-state index contributed by atoms with van der Waals surface area (Å²) in [5.74, 6) is -0.0221. The van der Waals surface area contributed by atoms with Crippen LogP contribution in [0.3, 0.4) is 0 Å². The van der Waals surface area contributed by atoms with E-state index in [1.807, 2.05) is 23.1 Å². The van der Waals surface area contributed by atoms with E-state index in [-0.39, 0.29) is 5.91 Å². The third kappa shape index (κ3) is 5.61. The van der Waals surface area contributed by atoms with Crippen LogP contribution in [-0.2, 0) is 11.3 Å². The van der Waals surface area contributed by atoms with Crippen LogP contribution in [-0.4, -0.2) is 65.0 Å². The minimum Gasteiger partial charge on any atom is -0.377 e. The van der Waals surface area contributed by atoms with Crippen LogP contribution in [0.1, 0.15) is 28.9 Å². The van der Waals surface area contributed by atoms with E-state index in [4.69, 9.17) is 4.74 Å². The molecule has 1 aromatic carbocycles. The van der Waals surface area contributed by atoms with Crippen LogP contribution in [0, 0.1) is 0 Å². The smallest absolute Gasteiger partial charge is 0.274 e. The Hall–Kier alpha value is -2.31. The molecule has 6 heteroatoms. The van der Waals surface area contributed by atoms with E-state index in [1.54, 1.807) is 12.4 Å². The van der Waals surface area contributed by atoms with E-state index in [1.165, 1.54) is 11.8 Å². The van der Waals surface area contributed by atoms with E-state index in [0.29, 0.717) is 12.3 Å². The predicted octanol–water partition coefficient (Wildman–Crippen LogP) is 2.23. The van der Waals surface area contributed by atoms with Gasteiger partial charge >= 0.3 is 0 Å². The molecule has 1 amide bonds. The van der Waals surface area contributed by atoms with Crippen LogP contribution in [0.2, 0.25) is 0 Å². The van der Waals surface area contributed by atoms with E-state index in [2.05, 4.69) is 27.0 Å². The zero-order chi connectivity index (χ0) is 18.0. The molecule has 0 bridgehead atoms. The number of nitrogens with zero attached hydrogens (tertiary/aromatic N) is 4. The molecule has 0 aliphatic carbocycles. The number of carbonyl (C=O) groups excluding carboxylic acids is 1. The minimum atomic E-state index is -0.0221. The standard InChI is InChI=1S/C20H26N4O2/c25-20(19-16-21-8-9-22-19)24-12-4-10-23(13-14-24)11-5-15-26-17-18-6-2-1-3-7-18/h1-3,6-9,16H,4-5,10-15,17H2. The zero-order valence-corrected chi connectivity index (χ0v) is 15.1. The summed E-state index contributed by atoms with van der Waals surface area (Å²) >= 11 is 0. The molecule has 138 valence electrons. The highest BCUT2D eigenvalue weighted by atomic mass is 16.5. The molecule has 1 aliphatic rings. The molecular weight excluding hydrogens is 328 g/mol. The largest absolute Gasteiger partial charge is 0.377 e. The molecule has 6 nitrogen and oxygen atoms in total. The summed E-state index contributed by atoms with van der Waals surface area (Å²) in [6.07, 6.45) is 6.67. The Labute approximate surface area is 154 Å². The van der Waals surface area contributed by atoms with Gasteiger partial charge in [-0.25, -0.2) is 4.98 Å². The highest BCUT2D eigenvalue weighted by Crippen LogP contribution is 2.08. The van der Waals surface area contributed by atoms with Crippen LogP contribution in [0.25, 0.3) is 0 Å². The van der Waals surface area contributed by atoms with Crippen LogP contribution in [0.5, 0.6) is 0 Å². The first kappa shape index (κ1) is 18.5. The molecule has 0 spiro atoms. The van der Waals surface area contributed by atoms with Crippen LogP contribution >= 0.6 is 0 Å². The molecule has 0 N–H and O–H groups in total. The van der Waals surface area contributed by atoms with Gasteiger partial charge in [-0.3, -0.25) is 9.78 Å². The van der Waals surface area contributed by atoms with Crippen LogP contribution in [0.4, 0.5) is 0 Å². The lowest BCUT2D eigenvalue weighted by Crippen LogP contribution is -2.36. The van der Waals surface area contributed by atoms with Gasteiger partial charge in [0.15, 0.2) is 0 Å². The third-order valence-electron chi connectivity index (χ3n) is 4.53. The average Bonchev–Trinajstić information content (AvgIpc) is 2.94. The first-order valence-electron chi connectivity index (χ1n) is 9.22. The van der Waals surface area contributed by atoms with Crippen molar-refractivity contribution in [3.63, 3.8) is 0 Å². The van der Waals surface area contributed by atoms with Crippen LogP contribution < -0.4 is 0 Å². The van der Waals surface area contributed by atoms with Gasteiger partial charge in [0.1, 0.15) is 5.69 Å². The number of amides is 1. The number of rotatable bonds is 7. The Balaban J connectivity index is 1.35. The summed E-state index contributed by atoms with van der Waals surface area (Å²) in [6.45, 7) is 5.85. The number of ether oxygens (including phenoxy) is 1. The molecule has 1 aliphatic heterocycles. The van der Waals surface area contributed by atoms with Gasteiger partial charge in [0, 0.05) is 45.2 Å². The monoisotopic (exact) mass is 354 g/mol. The predicted molar refractivity (Wildman–Crippen MR) is 99.7 cm³/mol. The van der Waals surface area contributed by atoms with E-state index >= 15 is 0 Å². The number of carbonyl (C=O) groups is 1. The van der Waals surface area contributed by atoms with Gasteiger partial charge in [-0.2, -0.15) is 0 Å². The van der Waals surface area contributed by atoms with Crippen molar-refractivity contribution in [1.29, 1.82) is 0 Å². The average molecular weight is 354 g/mol. The summed E-state index contributed by atoms with van der Waals surface area (Å²) < 4.78 is 5.75. The second-order valence-corrected chi connectivity index (χ2v) is 6.47. The fourth-order valence-electron chi connectivity index (χ4n) is 3.12. The molecule has 0 unspecified atom stereocenters. The van der Waals surface area contributed by atoms with E-state index < -0.39 is 0 Å². The molecule has 26 heavy (non-hydrogen) atoms. The first-order chi connectivity index (χ1) is 12.8. The van der Waals surface area contributed by atoms with Gasteiger partial charge in [-0.05, 0) is 24.9 Å². The topological polar surface area (TPSA) is 58.6 Å². The fraction of sp³-hybridized carbons (Fsp3) is 0.450. The van der Waals surface area contributed by atoms with Crippen molar-refractivity contribution in [1.82, 2.24) is 19.8 Å². The summed E-state index contributed by atoms with van der Waals surface area (Å²) in [5.41, 5.74) is 1.63. The maximum Gasteiger partial charge on any atom is 0.274 e. The quantitative estimate of drug-likeness (QED) is 0.714. The Morgan fingerprint density at radius 1 is 1.08 bits per heavy atom. The van der Waals surface area contributed by atoms with Crippen molar-refractivity contribution in [3.05, 3.63) is 60.2 Å². The van der Waals surface area contributed by atoms with Gasteiger partial charge in [-0.15, -0.1) is 0 Å². The van der Waals surface area contributed by atoms with Crippen molar-refractivity contribution >= 4 is 5.91 Å². The molecule has 1 aromatic heterocycles. The molecular formula is C20H26N4O2. The van der Waals surface area contributed by atoms with Gasteiger partial charge in [0.05, 0.1) is 12.8 Å². The molecule has 2 heterocycles. The fourth-order valence-corrected chi connectivity index (χ4v) is 3.12. The Bertz CT molecular complexity index is 666. The molecule has 0 radical (unpaired) electrons. The molecule has 2 aromatic rings. The maximum atomic E-state index is 12.5. The lowest BCUT2D eigenvalue weighted by molar-refractivity contribution is 0.0752. The second kappa shape index (κ2) is 9.99. The summed E-state index contributed by atoms with van der Waals surface area (Å²) in [6, 6.07) is 10.2. The highest BCUT2D eigenvalue weighted by Gasteiger charge is 2.20. The maximum absolute atomic E-state index is 12.5. The third-order valence-corrected chi connectivity index (χ3v) is 4.53. The van der Waals surface area contributed by atoms with E-state index in [9.17, 15) is 4.79 Å². The number of aromatic nitrogens is 2. The van der Waals surface area contributed by atoms with Gasteiger partial charge < -0.3 is 14.5 Å². The second-order valence-electron chi connectivity index (χ2n) is 6.47. The first-order valence-corrected chi connectivity index (χ1v) is 9.22. The van der Waals surface area contributed by atoms with Crippen molar-refractivity contribution in [2.45, 2.75) is 19.4 Å². The minimum absolute atomic E-state index is 0.0221. The van der Waals surface area contributed by atoms with E-state index in [0.717, 1.165) is 52.2 Å². The van der Waals surface area contributed by atoms with Crippen molar-refractivity contribution in [2.75, 3.05) is 39.3 Å². The number of hydrogen-bond donors (Lipinski definition) is 0. The normalized spacial score (nSPS) is 15.6. The lowest BCUT2D eigenvalue weighted by Gasteiger charge is -2.21. The zero-order valence-electron chi connectivity index (χ0n) is 15.1. The summed E-state index contributed by atoms with van der Waals surface area (Å²) in [7, 11) is 0. The summed E-state index contributed by atoms with van der Waals surface area (Å²) in [4.78, 5) is 24.9. The Kier molecular flexibility index (Phi) is 7.10. The van der Waals surface area contributed by atoms with Gasteiger partial charge in [0.25, 0.3) is 5.91 Å².